The summed E-state index contributed by atoms with van der Waals surface area (Å²) < 4.78 is 5.36. The molecule has 2 aromatic carbocycles. The molecular weight excluding hydrogens is 276 g/mol. The van der Waals surface area contributed by atoms with Gasteiger partial charge in [-0.15, -0.1) is 0 Å². The Balaban J connectivity index is 2.36. The highest BCUT2D eigenvalue weighted by Crippen LogP contribution is 2.32. The van der Waals surface area contributed by atoms with E-state index in [1.54, 1.807) is 0 Å². The van der Waals surface area contributed by atoms with Gasteiger partial charge in [-0.1, -0.05) is 0 Å². The van der Waals surface area contributed by atoms with Crippen molar-refractivity contribution in [1.82, 2.24) is 0 Å². The number of nitro groups is 1. The molecule has 0 radical (unpaired) electrons. The maximum atomic E-state index is 11.0. The van der Waals surface area contributed by atoms with Crippen molar-refractivity contribution in [2.24, 2.45) is 0 Å². The Bertz CT molecular complexity index is 747. The molecule has 2 rings (SSSR count). The van der Waals surface area contributed by atoms with E-state index < -0.39 is 16.6 Å². The fourth-order valence-electron chi connectivity index (χ4n) is 1.60. The van der Waals surface area contributed by atoms with Crippen molar-refractivity contribution in [1.29, 1.82) is 5.26 Å². The molecule has 0 aliphatic carbocycles. The Morgan fingerprint density at radius 2 is 1.90 bits per heavy atom. The minimum absolute atomic E-state index is 0.0743. The third-order valence-corrected chi connectivity index (χ3v) is 2.61. The van der Waals surface area contributed by atoms with Crippen LogP contribution in [0.2, 0.25) is 0 Å². The number of aromatic carboxylic acids is 1. The summed E-state index contributed by atoms with van der Waals surface area (Å²) >= 11 is 0. The Morgan fingerprint density at radius 3 is 2.43 bits per heavy atom. The molecule has 0 bridgehead atoms. The van der Waals surface area contributed by atoms with Crippen molar-refractivity contribution in [3.05, 3.63) is 63.7 Å². The largest absolute Gasteiger partial charge is 0.478 e. The lowest BCUT2D eigenvalue weighted by Gasteiger charge is -2.06. The lowest BCUT2D eigenvalue weighted by atomic mass is 10.2. The van der Waals surface area contributed by atoms with Gasteiger partial charge in [0, 0.05) is 6.07 Å². The second kappa shape index (κ2) is 5.71. The van der Waals surface area contributed by atoms with Crippen LogP contribution in [0.15, 0.2) is 42.5 Å². The predicted molar refractivity (Wildman–Crippen MR) is 71.3 cm³/mol. The Kier molecular flexibility index (Phi) is 3.81. The number of carboxylic acid groups (broad SMARTS) is 1. The van der Waals surface area contributed by atoms with E-state index in [0.29, 0.717) is 11.3 Å². The van der Waals surface area contributed by atoms with E-state index >= 15 is 0 Å². The van der Waals surface area contributed by atoms with Crippen LogP contribution in [-0.2, 0) is 0 Å². The van der Waals surface area contributed by atoms with Gasteiger partial charge in [-0.3, -0.25) is 10.1 Å². The molecule has 0 atom stereocenters. The maximum absolute atomic E-state index is 11.0. The molecule has 0 aliphatic rings. The zero-order valence-corrected chi connectivity index (χ0v) is 10.5. The van der Waals surface area contributed by atoms with Crippen LogP contribution < -0.4 is 4.74 Å². The summed E-state index contributed by atoms with van der Waals surface area (Å²) in [5.74, 6) is -1.03. The zero-order chi connectivity index (χ0) is 15.4. The van der Waals surface area contributed by atoms with E-state index in [1.165, 1.54) is 36.4 Å². The molecule has 0 aromatic heterocycles. The highest BCUT2D eigenvalue weighted by molar-refractivity contribution is 5.88. The number of rotatable bonds is 4. The minimum atomic E-state index is -1.26. The molecule has 7 nitrogen and oxygen atoms in total. The van der Waals surface area contributed by atoms with Crippen molar-refractivity contribution < 1.29 is 19.6 Å². The van der Waals surface area contributed by atoms with Gasteiger partial charge < -0.3 is 9.84 Å². The molecule has 21 heavy (non-hydrogen) atoms. The first kappa shape index (κ1) is 14.0. The van der Waals surface area contributed by atoms with Crippen molar-refractivity contribution in [2.45, 2.75) is 0 Å². The monoisotopic (exact) mass is 284 g/mol. The average Bonchev–Trinajstić information content (AvgIpc) is 2.48. The Hall–Kier alpha value is -3.40. The molecule has 0 saturated heterocycles. The van der Waals surface area contributed by atoms with Crippen molar-refractivity contribution in [3.8, 4) is 17.6 Å². The van der Waals surface area contributed by atoms with Gasteiger partial charge in [0.05, 0.1) is 22.1 Å². The van der Waals surface area contributed by atoms with E-state index in [1.807, 2.05) is 6.07 Å². The molecule has 0 saturated carbocycles. The summed E-state index contributed by atoms with van der Waals surface area (Å²) in [6, 6.07) is 11.3. The fourth-order valence-corrected chi connectivity index (χ4v) is 1.60. The fraction of sp³-hybridized carbons (Fsp3) is 0. The maximum Gasteiger partial charge on any atom is 0.335 e. The lowest BCUT2D eigenvalue weighted by Crippen LogP contribution is -2.00. The van der Waals surface area contributed by atoms with Gasteiger partial charge in [-0.05, 0) is 36.4 Å². The van der Waals surface area contributed by atoms with E-state index in [4.69, 9.17) is 15.1 Å². The van der Waals surface area contributed by atoms with E-state index in [0.717, 1.165) is 6.07 Å². The third-order valence-electron chi connectivity index (χ3n) is 2.61. The Labute approximate surface area is 118 Å². The number of benzene rings is 2. The number of nitro benzene ring substituents is 1. The van der Waals surface area contributed by atoms with Crippen molar-refractivity contribution >= 4 is 11.7 Å². The predicted octanol–water partition coefficient (Wildman–Crippen LogP) is 2.96. The van der Waals surface area contributed by atoms with E-state index in [2.05, 4.69) is 0 Å². The number of nitrogens with zero attached hydrogens (tertiary/aromatic N) is 2. The number of hydrogen-bond donors (Lipinski definition) is 1. The first-order chi connectivity index (χ1) is 10.0. The number of hydrogen-bond acceptors (Lipinski definition) is 5. The normalized spacial score (nSPS) is 9.67. The zero-order valence-electron chi connectivity index (χ0n) is 10.5. The molecule has 0 unspecified atom stereocenters. The summed E-state index contributed by atoms with van der Waals surface area (Å²) in [6.07, 6.45) is 0. The molecule has 0 heterocycles. The molecule has 0 fully saturated rings. The average molecular weight is 284 g/mol. The van der Waals surface area contributed by atoms with Gasteiger partial charge in [0.2, 0.25) is 5.75 Å². The minimum Gasteiger partial charge on any atom is -0.478 e. The number of nitriles is 1. The van der Waals surface area contributed by atoms with Gasteiger partial charge in [-0.2, -0.15) is 5.26 Å². The van der Waals surface area contributed by atoms with Gasteiger partial charge in [0.15, 0.2) is 0 Å². The summed E-state index contributed by atoms with van der Waals surface area (Å²) in [6.45, 7) is 0. The quantitative estimate of drug-likeness (QED) is 0.682. The van der Waals surface area contributed by atoms with Crippen LogP contribution in [0.3, 0.4) is 0 Å². The second-order valence-electron chi connectivity index (χ2n) is 3.98. The summed E-state index contributed by atoms with van der Waals surface area (Å²) in [4.78, 5) is 21.1. The van der Waals surface area contributed by atoms with Gasteiger partial charge >= 0.3 is 11.7 Å². The van der Waals surface area contributed by atoms with Gasteiger partial charge in [-0.25, -0.2) is 4.79 Å². The molecule has 7 heteroatoms. The smallest absolute Gasteiger partial charge is 0.335 e. The molecule has 0 spiro atoms. The SMILES string of the molecule is N#Cc1ccc(Oc2ccc(C(=O)O)cc2[N+](=O)[O-])cc1. The molecular formula is C14H8N2O5. The number of ether oxygens (including phenoxy) is 1. The van der Waals surface area contributed by atoms with Crippen LogP contribution in [0.25, 0.3) is 0 Å². The van der Waals surface area contributed by atoms with E-state index in [-0.39, 0.29) is 11.3 Å². The summed E-state index contributed by atoms with van der Waals surface area (Å²) in [7, 11) is 0. The topological polar surface area (TPSA) is 113 Å². The summed E-state index contributed by atoms with van der Waals surface area (Å²) in [5, 5.41) is 28.5. The number of carboxylic acids is 1. The standard InChI is InChI=1S/C14H8N2O5/c15-8-9-1-4-11(5-2-9)21-13-6-3-10(14(17)18)7-12(13)16(19)20/h1-7H,(H,17,18). The van der Waals surface area contributed by atoms with Crippen LogP contribution in [0.5, 0.6) is 11.5 Å². The van der Waals surface area contributed by atoms with Crippen LogP contribution in [0.4, 0.5) is 5.69 Å². The van der Waals surface area contributed by atoms with Crippen LogP contribution in [0, 0.1) is 21.4 Å². The molecule has 0 amide bonds. The second-order valence-corrected chi connectivity index (χ2v) is 3.98. The first-order valence-electron chi connectivity index (χ1n) is 5.71. The highest BCUT2D eigenvalue weighted by atomic mass is 16.6. The molecule has 104 valence electrons. The number of carbonyl (C=O) groups is 1. The van der Waals surface area contributed by atoms with E-state index in [9.17, 15) is 14.9 Å². The first-order valence-corrected chi connectivity index (χ1v) is 5.71. The third kappa shape index (κ3) is 3.13. The molecule has 1 N–H and O–H groups in total. The van der Waals surface area contributed by atoms with Crippen molar-refractivity contribution in [3.63, 3.8) is 0 Å². The van der Waals surface area contributed by atoms with Crippen LogP contribution in [0.1, 0.15) is 15.9 Å². The lowest BCUT2D eigenvalue weighted by molar-refractivity contribution is -0.385. The Morgan fingerprint density at radius 1 is 1.24 bits per heavy atom. The van der Waals surface area contributed by atoms with Gasteiger partial charge in [0.25, 0.3) is 0 Å². The van der Waals surface area contributed by atoms with Crippen LogP contribution >= 0.6 is 0 Å². The van der Waals surface area contributed by atoms with Crippen LogP contribution in [-0.4, -0.2) is 16.0 Å². The molecule has 2 aromatic rings. The van der Waals surface area contributed by atoms with Crippen molar-refractivity contribution in [2.75, 3.05) is 0 Å². The highest BCUT2D eigenvalue weighted by Gasteiger charge is 2.19. The molecule has 0 aliphatic heterocycles. The summed E-state index contributed by atoms with van der Waals surface area (Å²) in [5.41, 5.74) is -0.216. The van der Waals surface area contributed by atoms with Gasteiger partial charge in [0.1, 0.15) is 5.75 Å².